The van der Waals surface area contributed by atoms with Crippen LogP contribution < -0.4 is 0 Å². The summed E-state index contributed by atoms with van der Waals surface area (Å²) < 4.78 is 0. The lowest BCUT2D eigenvalue weighted by Gasteiger charge is -2.21. The average Bonchev–Trinajstić information content (AvgIpc) is 2.97. The standard InChI is InChI=1S/C11H13ClN2S/c12-10(5-13)7-14(11-1-2-11)6-9-3-4-15-8-9/h3-4,8,10-11H,1-2,6-7H2. The van der Waals surface area contributed by atoms with Gasteiger partial charge in [0.15, 0.2) is 0 Å². The Balaban J connectivity index is 1.92. The molecule has 2 nitrogen and oxygen atoms in total. The van der Waals surface area contributed by atoms with E-state index in [0.717, 1.165) is 6.54 Å². The largest absolute Gasteiger partial charge is 0.294 e. The molecule has 1 aromatic heterocycles. The first-order valence-electron chi connectivity index (χ1n) is 5.08. The summed E-state index contributed by atoms with van der Waals surface area (Å²) in [5.41, 5.74) is 1.33. The molecule has 1 aromatic rings. The Bertz CT molecular complexity index is 340. The molecule has 1 unspecified atom stereocenters. The summed E-state index contributed by atoms with van der Waals surface area (Å²) in [4.78, 5) is 2.32. The number of nitriles is 1. The van der Waals surface area contributed by atoms with Gasteiger partial charge in [0, 0.05) is 19.1 Å². The normalized spacial score (nSPS) is 17.7. The SMILES string of the molecule is N#CC(Cl)CN(Cc1ccsc1)C1CC1. The molecule has 0 bridgehead atoms. The molecule has 0 amide bonds. The Kier molecular flexibility index (Phi) is 3.63. The maximum absolute atomic E-state index is 8.71. The van der Waals surface area contributed by atoms with Gasteiger partial charge < -0.3 is 0 Å². The third kappa shape index (κ3) is 3.20. The summed E-state index contributed by atoms with van der Waals surface area (Å²) in [6.45, 7) is 1.61. The van der Waals surface area contributed by atoms with Gasteiger partial charge in [0.25, 0.3) is 0 Å². The molecule has 80 valence electrons. The first kappa shape index (κ1) is 10.9. The van der Waals surface area contributed by atoms with E-state index in [-0.39, 0.29) is 5.38 Å². The van der Waals surface area contributed by atoms with Crippen molar-refractivity contribution in [1.82, 2.24) is 4.90 Å². The number of hydrogen-bond donors (Lipinski definition) is 0. The fraction of sp³-hybridized carbons (Fsp3) is 0.545. The summed E-state index contributed by atoms with van der Waals surface area (Å²) >= 11 is 7.59. The van der Waals surface area contributed by atoms with E-state index in [1.807, 2.05) is 0 Å². The molecule has 0 aromatic carbocycles. The first-order chi connectivity index (χ1) is 7.29. The summed E-state index contributed by atoms with van der Waals surface area (Å²) in [7, 11) is 0. The molecule has 0 aliphatic heterocycles. The lowest BCUT2D eigenvalue weighted by Crippen LogP contribution is -2.31. The lowest BCUT2D eigenvalue weighted by molar-refractivity contribution is 0.263. The van der Waals surface area contributed by atoms with Crippen LogP contribution in [-0.4, -0.2) is 22.9 Å². The van der Waals surface area contributed by atoms with E-state index in [0.29, 0.717) is 12.6 Å². The second-order valence-electron chi connectivity index (χ2n) is 3.89. The lowest BCUT2D eigenvalue weighted by atomic mass is 10.3. The minimum absolute atomic E-state index is 0.385. The quantitative estimate of drug-likeness (QED) is 0.740. The zero-order valence-corrected chi connectivity index (χ0v) is 9.97. The number of hydrogen-bond acceptors (Lipinski definition) is 3. The molecular formula is C11H13ClN2S. The van der Waals surface area contributed by atoms with Crippen LogP contribution in [0.4, 0.5) is 0 Å². The first-order valence-corrected chi connectivity index (χ1v) is 6.46. The molecule has 1 fully saturated rings. The molecule has 15 heavy (non-hydrogen) atoms. The molecule has 0 radical (unpaired) electrons. The van der Waals surface area contributed by atoms with Crippen LogP contribution in [0.15, 0.2) is 16.8 Å². The second kappa shape index (κ2) is 4.98. The van der Waals surface area contributed by atoms with Gasteiger partial charge in [-0.2, -0.15) is 16.6 Å². The molecule has 0 saturated heterocycles. The van der Waals surface area contributed by atoms with E-state index in [2.05, 4.69) is 27.8 Å². The van der Waals surface area contributed by atoms with Crippen LogP contribution in [0.5, 0.6) is 0 Å². The monoisotopic (exact) mass is 240 g/mol. The molecule has 1 saturated carbocycles. The summed E-state index contributed by atoms with van der Waals surface area (Å²) in [5.74, 6) is 0. The summed E-state index contributed by atoms with van der Waals surface area (Å²) in [5, 5.41) is 12.6. The number of halogens is 1. The molecular weight excluding hydrogens is 228 g/mol. The molecule has 1 aliphatic rings. The molecule has 1 atom stereocenters. The fourth-order valence-corrected chi connectivity index (χ4v) is 2.48. The van der Waals surface area contributed by atoms with Crippen LogP contribution in [0.1, 0.15) is 18.4 Å². The van der Waals surface area contributed by atoms with Crippen LogP contribution >= 0.6 is 22.9 Å². The molecule has 0 spiro atoms. The molecule has 4 heteroatoms. The second-order valence-corrected chi connectivity index (χ2v) is 5.20. The molecule has 2 rings (SSSR count). The summed E-state index contributed by atoms with van der Waals surface area (Å²) in [6.07, 6.45) is 2.50. The van der Waals surface area contributed by atoms with Crippen LogP contribution in [0.2, 0.25) is 0 Å². The minimum Gasteiger partial charge on any atom is -0.294 e. The van der Waals surface area contributed by atoms with Crippen molar-refractivity contribution in [2.45, 2.75) is 30.8 Å². The molecule has 0 N–H and O–H groups in total. The van der Waals surface area contributed by atoms with Crippen LogP contribution in [-0.2, 0) is 6.54 Å². The van der Waals surface area contributed by atoms with Crippen molar-refractivity contribution >= 4 is 22.9 Å². The van der Waals surface area contributed by atoms with Gasteiger partial charge in [0.1, 0.15) is 5.38 Å². The third-order valence-corrected chi connectivity index (χ3v) is 3.53. The zero-order valence-electron chi connectivity index (χ0n) is 8.40. The van der Waals surface area contributed by atoms with Gasteiger partial charge in [-0.25, -0.2) is 0 Å². The minimum atomic E-state index is -0.385. The highest BCUT2D eigenvalue weighted by Crippen LogP contribution is 2.29. The smallest absolute Gasteiger partial charge is 0.133 e. The number of alkyl halides is 1. The number of nitrogens with zero attached hydrogens (tertiary/aromatic N) is 2. The Hall–Kier alpha value is -0.560. The van der Waals surface area contributed by atoms with Crippen molar-refractivity contribution < 1.29 is 0 Å². The topological polar surface area (TPSA) is 27.0 Å². The van der Waals surface area contributed by atoms with E-state index in [1.165, 1.54) is 18.4 Å². The maximum atomic E-state index is 8.71. The van der Waals surface area contributed by atoms with Gasteiger partial charge in [-0.3, -0.25) is 4.90 Å². The van der Waals surface area contributed by atoms with Crippen molar-refractivity contribution in [3.8, 4) is 6.07 Å². The van der Waals surface area contributed by atoms with Crippen molar-refractivity contribution in [1.29, 1.82) is 5.26 Å². The summed E-state index contributed by atoms with van der Waals surface area (Å²) in [6, 6.07) is 4.87. The highest BCUT2D eigenvalue weighted by Gasteiger charge is 2.30. The Morgan fingerprint density at radius 1 is 1.67 bits per heavy atom. The van der Waals surface area contributed by atoms with E-state index < -0.39 is 0 Å². The van der Waals surface area contributed by atoms with Gasteiger partial charge in [0.2, 0.25) is 0 Å². The zero-order chi connectivity index (χ0) is 10.7. The number of rotatable bonds is 5. The van der Waals surface area contributed by atoms with E-state index >= 15 is 0 Å². The Morgan fingerprint density at radius 2 is 2.47 bits per heavy atom. The third-order valence-electron chi connectivity index (χ3n) is 2.56. The van der Waals surface area contributed by atoms with E-state index in [1.54, 1.807) is 11.3 Å². The van der Waals surface area contributed by atoms with E-state index in [9.17, 15) is 0 Å². The van der Waals surface area contributed by atoms with Gasteiger partial charge >= 0.3 is 0 Å². The average molecular weight is 241 g/mol. The maximum Gasteiger partial charge on any atom is 0.133 e. The Morgan fingerprint density at radius 3 is 3.00 bits per heavy atom. The highest BCUT2D eigenvalue weighted by atomic mass is 35.5. The highest BCUT2D eigenvalue weighted by molar-refractivity contribution is 7.07. The van der Waals surface area contributed by atoms with Crippen molar-refractivity contribution in [2.75, 3.05) is 6.54 Å². The van der Waals surface area contributed by atoms with Gasteiger partial charge in [-0.15, -0.1) is 11.6 Å². The van der Waals surface area contributed by atoms with Gasteiger partial charge in [0.05, 0.1) is 6.07 Å². The van der Waals surface area contributed by atoms with Gasteiger partial charge in [-0.05, 0) is 35.2 Å². The van der Waals surface area contributed by atoms with Crippen LogP contribution in [0.25, 0.3) is 0 Å². The molecule has 1 aliphatic carbocycles. The predicted molar refractivity (Wildman–Crippen MR) is 63.0 cm³/mol. The molecule has 1 heterocycles. The van der Waals surface area contributed by atoms with Gasteiger partial charge in [-0.1, -0.05) is 0 Å². The van der Waals surface area contributed by atoms with E-state index in [4.69, 9.17) is 16.9 Å². The van der Waals surface area contributed by atoms with Crippen molar-refractivity contribution in [3.63, 3.8) is 0 Å². The predicted octanol–water partition coefficient (Wildman–Crippen LogP) is 2.84. The van der Waals surface area contributed by atoms with Crippen LogP contribution in [0.3, 0.4) is 0 Å². The fourth-order valence-electron chi connectivity index (χ4n) is 1.65. The Labute approximate surface area is 99.1 Å². The van der Waals surface area contributed by atoms with Crippen molar-refractivity contribution in [3.05, 3.63) is 22.4 Å². The number of thiophene rings is 1. The van der Waals surface area contributed by atoms with Crippen LogP contribution in [0, 0.1) is 11.3 Å². The van der Waals surface area contributed by atoms with Crippen molar-refractivity contribution in [2.24, 2.45) is 0 Å².